The number of benzene rings is 3. The Kier molecular flexibility index (Phi) is 13.0. The van der Waals surface area contributed by atoms with Crippen LogP contribution in [0.4, 0.5) is 11.4 Å². The molecule has 5 rings (SSSR count). The highest BCUT2D eigenvalue weighted by Crippen LogP contribution is 2.24. The van der Waals surface area contributed by atoms with Crippen LogP contribution in [0.1, 0.15) is 22.3 Å². The number of carbonyl (C=O) groups is 2. The molecule has 0 unspecified atom stereocenters. The summed E-state index contributed by atoms with van der Waals surface area (Å²) < 4.78 is 54.8. The van der Waals surface area contributed by atoms with Gasteiger partial charge in [0.15, 0.2) is 0 Å². The summed E-state index contributed by atoms with van der Waals surface area (Å²) in [6.45, 7) is 0.945. The lowest BCUT2D eigenvalue weighted by Crippen LogP contribution is -2.35. The van der Waals surface area contributed by atoms with Gasteiger partial charge in [0.2, 0.25) is 31.9 Å². The maximum Gasteiger partial charge on any atom is 0.239 e. The van der Waals surface area contributed by atoms with Crippen LogP contribution in [-0.4, -0.2) is 125 Å². The van der Waals surface area contributed by atoms with E-state index in [0.29, 0.717) is 22.5 Å². The zero-order chi connectivity index (χ0) is 39.2. The fraction of sp³-hybridized carbons (Fsp3) is 0.368. The SMILES string of the molecule is CN(C)CCc1c[nH]c2ccc(CS(=O)(=O)N(C)CC(=O)Nc3ccc(NC(=O)CN(C)S(=O)(=O)Cc4ccc5[nH]cc(CCN(C)C)c5c4)cc3)cc12. The molecule has 0 bridgehead atoms. The van der Waals surface area contributed by atoms with Crippen molar-refractivity contribution in [2.45, 2.75) is 24.3 Å². The second-order valence-electron chi connectivity index (χ2n) is 14.2. The minimum atomic E-state index is -3.81. The van der Waals surface area contributed by atoms with Crippen LogP contribution in [0.5, 0.6) is 0 Å². The Hall–Kier alpha value is -4.58. The first-order valence-corrected chi connectivity index (χ1v) is 20.8. The van der Waals surface area contributed by atoms with Crippen LogP contribution in [0.3, 0.4) is 0 Å². The largest absolute Gasteiger partial charge is 0.361 e. The number of amides is 2. The highest BCUT2D eigenvalue weighted by Gasteiger charge is 2.23. The molecule has 0 saturated carbocycles. The molecule has 3 aromatic carbocycles. The van der Waals surface area contributed by atoms with Gasteiger partial charge in [-0.05, 0) is 112 Å². The first kappa shape index (κ1) is 40.6. The number of nitrogens with zero attached hydrogens (tertiary/aromatic N) is 4. The Morgan fingerprint density at radius 2 is 0.944 bits per heavy atom. The first-order valence-electron chi connectivity index (χ1n) is 17.5. The third kappa shape index (κ3) is 10.8. The summed E-state index contributed by atoms with van der Waals surface area (Å²) in [6, 6.07) is 17.3. The Balaban J connectivity index is 1.10. The summed E-state index contributed by atoms with van der Waals surface area (Å²) in [7, 11) is 3.13. The van der Waals surface area contributed by atoms with Gasteiger partial charge in [0.1, 0.15) is 0 Å². The van der Waals surface area contributed by atoms with Crippen LogP contribution in [-0.2, 0) is 54.0 Å². The van der Waals surface area contributed by atoms with Gasteiger partial charge in [-0.2, -0.15) is 8.61 Å². The highest BCUT2D eigenvalue weighted by atomic mass is 32.2. The summed E-state index contributed by atoms with van der Waals surface area (Å²) in [4.78, 5) is 36.3. The van der Waals surface area contributed by atoms with Crippen molar-refractivity contribution in [3.8, 4) is 0 Å². The molecule has 16 heteroatoms. The van der Waals surface area contributed by atoms with Gasteiger partial charge in [0.05, 0.1) is 24.6 Å². The molecule has 54 heavy (non-hydrogen) atoms. The lowest BCUT2D eigenvalue weighted by molar-refractivity contribution is -0.117. The van der Waals surface area contributed by atoms with Gasteiger partial charge in [-0.1, -0.05) is 12.1 Å². The zero-order valence-corrected chi connectivity index (χ0v) is 33.3. The molecule has 2 amide bonds. The molecule has 2 heterocycles. The lowest BCUT2D eigenvalue weighted by Gasteiger charge is -2.18. The van der Waals surface area contributed by atoms with Crippen LogP contribution in [0, 0.1) is 0 Å². The molecular formula is C38H50N8O6S2. The molecule has 0 aliphatic rings. The Labute approximate surface area is 317 Å². The molecule has 0 fully saturated rings. The van der Waals surface area contributed by atoms with Gasteiger partial charge < -0.3 is 30.4 Å². The number of aromatic nitrogens is 2. The van der Waals surface area contributed by atoms with Crippen molar-refractivity contribution in [2.75, 3.05) is 79.1 Å². The van der Waals surface area contributed by atoms with E-state index in [1.54, 1.807) is 36.4 Å². The fourth-order valence-electron chi connectivity index (χ4n) is 6.01. The maximum absolute atomic E-state index is 13.2. The molecule has 0 aliphatic heterocycles. The third-order valence-electron chi connectivity index (χ3n) is 9.15. The molecule has 0 spiro atoms. The minimum absolute atomic E-state index is 0.253. The molecule has 0 saturated heterocycles. The van der Waals surface area contributed by atoms with Crippen molar-refractivity contribution in [1.29, 1.82) is 0 Å². The number of hydrogen-bond acceptors (Lipinski definition) is 8. The van der Waals surface area contributed by atoms with E-state index in [1.807, 2.05) is 64.8 Å². The fourth-order valence-corrected chi connectivity index (χ4v) is 8.28. The number of nitrogens with one attached hydrogen (secondary N) is 4. The van der Waals surface area contributed by atoms with Crippen LogP contribution in [0.15, 0.2) is 73.1 Å². The van der Waals surface area contributed by atoms with Gasteiger partial charge >= 0.3 is 0 Å². The van der Waals surface area contributed by atoms with Crippen molar-refractivity contribution < 1.29 is 26.4 Å². The smallest absolute Gasteiger partial charge is 0.239 e. The Bertz CT molecular complexity index is 2150. The van der Waals surface area contributed by atoms with Gasteiger partial charge in [0, 0.05) is 72.8 Å². The number of hydrogen-bond donors (Lipinski definition) is 4. The quantitative estimate of drug-likeness (QED) is 0.105. The number of H-pyrrole nitrogens is 2. The van der Waals surface area contributed by atoms with E-state index in [9.17, 15) is 26.4 Å². The highest BCUT2D eigenvalue weighted by molar-refractivity contribution is 7.88. The van der Waals surface area contributed by atoms with Gasteiger partial charge in [-0.25, -0.2) is 16.8 Å². The van der Waals surface area contributed by atoms with Crippen LogP contribution < -0.4 is 10.6 Å². The Morgan fingerprint density at radius 1 is 0.574 bits per heavy atom. The molecule has 4 N–H and O–H groups in total. The Morgan fingerprint density at radius 3 is 1.30 bits per heavy atom. The predicted octanol–water partition coefficient (Wildman–Crippen LogP) is 3.66. The monoisotopic (exact) mass is 778 g/mol. The molecule has 0 aliphatic carbocycles. The zero-order valence-electron chi connectivity index (χ0n) is 31.6. The number of fused-ring (bicyclic) bond motifs is 2. The second-order valence-corrected chi connectivity index (χ2v) is 18.3. The summed E-state index contributed by atoms with van der Waals surface area (Å²) in [5, 5.41) is 7.33. The predicted molar refractivity (Wildman–Crippen MR) is 215 cm³/mol. The summed E-state index contributed by atoms with van der Waals surface area (Å²) in [6.07, 6.45) is 5.55. The van der Waals surface area contributed by atoms with Gasteiger partial charge in [-0.15, -0.1) is 0 Å². The number of anilines is 2. The molecule has 0 atom stereocenters. The van der Waals surface area contributed by atoms with E-state index in [-0.39, 0.29) is 11.5 Å². The lowest BCUT2D eigenvalue weighted by atomic mass is 10.1. The van der Waals surface area contributed by atoms with Crippen molar-refractivity contribution >= 4 is 65.0 Å². The number of carbonyl (C=O) groups excluding carboxylic acids is 2. The van der Waals surface area contributed by atoms with Crippen molar-refractivity contribution in [2.24, 2.45) is 0 Å². The number of sulfonamides is 2. The van der Waals surface area contributed by atoms with E-state index in [4.69, 9.17) is 0 Å². The standard InChI is InChI=1S/C38H50N8O6S2/c1-43(2)17-15-29-21-39-35-13-7-27(19-33(29)35)25-53(49,50)45(5)23-37(47)41-31-9-11-32(12-10-31)42-38(48)24-46(6)54(51,52)26-28-8-14-36-34(20-28)30(22-40-36)16-18-44(3)4/h7-14,19-22,39-40H,15-18,23-26H2,1-6H3,(H,41,47)(H,42,48). The van der Waals surface area contributed by atoms with Gasteiger partial charge in [0.25, 0.3) is 0 Å². The first-order chi connectivity index (χ1) is 25.5. The van der Waals surface area contributed by atoms with Crippen LogP contribution in [0.25, 0.3) is 21.8 Å². The number of rotatable bonds is 18. The van der Waals surface area contributed by atoms with E-state index in [2.05, 4.69) is 30.4 Å². The van der Waals surface area contributed by atoms with Gasteiger partial charge in [-0.3, -0.25) is 9.59 Å². The summed E-state index contributed by atoms with van der Waals surface area (Å²) >= 11 is 0. The summed E-state index contributed by atoms with van der Waals surface area (Å²) in [5.74, 6) is -1.57. The minimum Gasteiger partial charge on any atom is -0.361 e. The normalized spacial score (nSPS) is 12.5. The van der Waals surface area contributed by atoms with E-state index in [0.717, 1.165) is 67.5 Å². The maximum atomic E-state index is 13.2. The van der Waals surface area contributed by atoms with E-state index >= 15 is 0 Å². The number of aromatic amines is 2. The molecule has 14 nitrogen and oxygen atoms in total. The van der Waals surface area contributed by atoms with Crippen LogP contribution in [0.2, 0.25) is 0 Å². The average Bonchev–Trinajstić information content (AvgIpc) is 3.69. The molecule has 2 aromatic heterocycles. The topological polar surface area (TPSA) is 171 Å². The summed E-state index contributed by atoms with van der Waals surface area (Å²) in [5.41, 5.74) is 6.14. The molecule has 290 valence electrons. The van der Waals surface area contributed by atoms with Crippen LogP contribution >= 0.6 is 0 Å². The molecular weight excluding hydrogens is 729 g/mol. The van der Waals surface area contributed by atoms with Crippen molar-refractivity contribution in [3.05, 3.63) is 95.3 Å². The van der Waals surface area contributed by atoms with Crippen molar-refractivity contribution in [3.63, 3.8) is 0 Å². The van der Waals surface area contributed by atoms with Crippen molar-refractivity contribution in [1.82, 2.24) is 28.4 Å². The average molecular weight is 779 g/mol. The molecule has 5 aromatic rings. The molecule has 0 radical (unpaired) electrons. The van der Waals surface area contributed by atoms with E-state index in [1.165, 1.54) is 14.1 Å². The number of likely N-dealkylation sites (N-methyl/N-ethyl adjacent to an activating group) is 4. The second kappa shape index (κ2) is 17.3. The third-order valence-corrected chi connectivity index (χ3v) is 12.7. The van der Waals surface area contributed by atoms with E-state index < -0.39 is 45.0 Å².